The van der Waals surface area contributed by atoms with Gasteiger partial charge in [-0.3, -0.25) is 9.69 Å². The smallest absolute Gasteiger partial charge is 0.251 e. The lowest BCUT2D eigenvalue weighted by Gasteiger charge is -2.17. The van der Waals surface area contributed by atoms with E-state index in [1.807, 2.05) is 12.1 Å². The molecule has 128 valence electrons. The molecule has 3 nitrogen and oxygen atoms in total. The molecule has 25 heavy (non-hydrogen) atoms. The van der Waals surface area contributed by atoms with Gasteiger partial charge in [-0.2, -0.15) is 0 Å². The maximum absolute atomic E-state index is 11.7. The van der Waals surface area contributed by atoms with Crippen LogP contribution in [-0.2, 0) is 6.54 Å². The molecular formula is C22H24N2O. The molecule has 2 atom stereocenters. The van der Waals surface area contributed by atoms with Crippen molar-refractivity contribution in [3.05, 3.63) is 77.4 Å². The number of hydrogen-bond acceptors (Lipinski definition) is 2. The molecule has 0 spiro atoms. The Kier molecular flexibility index (Phi) is 4.41. The second kappa shape index (κ2) is 6.85. The lowest BCUT2D eigenvalue weighted by atomic mass is 9.90. The molecule has 2 aromatic carbocycles. The van der Waals surface area contributed by atoms with Gasteiger partial charge in [0, 0.05) is 38.2 Å². The number of rotatable bonds is 4. The predicted molar refractivity (Wildman–Crippen MR) is 101 cm³/mol. The van der Waals surface area contributed by atoms with E-state index < -0.39 is 0 Å². The van der Waals surface area contributed by atoms with Crippen LogP contribution in [0.25, 0.3) is 5.57 Å². The fourth-order valence-electron chi connectivity index (χ4n) is 4.24. The summed E-state index contributed by atoms with van der Waals surface area (Å²) in [7, 11) is 1.67. The van der Waals surface area contributed by atoms with Gasteiger partial charge >= 0.3 is 0 Å². The molecule has 1 fully saturated rings. The summed E-state index contributed by atoms with van der Waals surface area (Å²) in [4.78, 5) is 14.3. The van der Waals surface area contributed by atoms with Gasteiger partial charge in [-0.05, 0) is 41.2 Å². The Morgan fingerprint density at radius 2 is 1.84 bits per heavy atom. The maximum atomic E-state index is 11.7. The number of nitrogens with zero attached hydrogens (tertiary/aromatic N) is 1. The fraction of sp³-hybridized carbons (Fsp3) is 0.318. The monoisotopic (exact) mass is 332 g/mol. The molecule has 2 aliphatic rings. The minimum Gasteiger partial charge on any atom is -0.355 e. The van der Waals surface area contributed by atoms with Gasteiger partial charge in [0.2, 0.25) is 0 Å². The van der Waals surface area contributed by atoms with Crippen LogP contribution in [0.3, 0.4) is 0 Å². The molecule has 1 aliphatic heterocycles. The Balaban J connectivity index is 1.46. The number of benzene rings is 2. The van der Waals surface area contributed by atoms with Crippen LogP contribution in [0.1, 0.15) is 27.9 Å². The molecular weight excluding hydrogens is 308 g/mol. The van der Waals surface area contributed by atoms with Crippen molar-refractivity contribution in [1.82, 2.24) is 10.2 Å². The number of likely N-dealkylation sites (tertiary alicyclic amines) is 1. The Morgan fingerprint density at radius 3 is 2.56 bits per heavy atom. The topological polar surface area (TPSA) is 32.3 Å². The van der Waals surface area contributed by atoms with Crippen molar-refractivity contribution >= 4 is 11.5 Å². The Morgan fingerprint density at radius 1 is 1.08 bits per heavy atom. The number of carbonyl (C=O) groups excluding carboxylic acids is 1. The molecule has 4 rings (SSSR count). The Labute approximate surface area is 149 Å². The predicted octanol–water partition coefficient (Wildman–Crippen LogP) is 3.58. The standard InChI is InChI=1S/C22H24N2O/c1-23-22(25)18-9-7-17(8-10-18)20-12-11-19-14-24(15-21(19)20)13-16-5-3-2-4-6-16/h2-10,12,19,21H,11,13-15H2,1H3,(H,23,25). The highest BCUT2D eigenvalue weighted by molar-refractivity contribution is 5.94. The zero-order chi connectivity index (χ0) is 17.2. The van der Waals surface area contributed by atoms with E-state index in [1.165, 1.54) is 29.7 Å². The third kappa shape index (κ3) is 3.24. The van der Waals surface area contributed by atoms with Crippen molar-refractivity contribution in [2.75, 3.05) is 20.1 Å². The van der Waals surface area contributed by atoms with E-state index in [0.717, 1.165) is 24.6 Å². The number of fused-ring (bicyclic) bond motifs is 1. The molecule has 0 saturated carbocycles. The molecule has 0 radical (unpaired) electrons. The highest BCUT2D eigenvalue weighted by Crippen LogP contribution is 2.43. The molecule has 2 unspecified atom stereocenters. The SMILES string of the molecule is CNC(=O)c1ccc(C2=CCC3CN(Cc4ccccc4)CC23)cc1. The first-order valence-corrected chi connectivity index (χ1v) is 9.03. The van der Waals surface area contributed by atoms with Crippen LogP contribution >= 0.6 is 0 Å². The average Bonchev–Trinajstić information content (AvgIpc) is 3.22. The van der Waals surface area contributed by atoms with Gasteiger partial charge in [-0.1, -0.05) is 48.5 Å². The first-order valence-electron chi connectivity index (χ1n) is 9.03. The largest absolute Gasteiger partial charge is 0.355 e. The summed E-state index contributed by atoms with van der Waals surface area (Å²) in [5.41, 5.74) is 4.84. The van der Waals surface area contributed by atoms with Gasteiger partial charge in [0.15, 0.2) is 0 Å². The van der Waals surface area contributed by atoms with Crippen LogP contribution in [0.4, 0.5) is 0 Å². The van der Waals surface area contributed by atoms with Crippen LogP contribution < -0.4 is 5.32 Å². The molecule has 2 aromatic rings. The van der Waals surface area contributed by atoms with Crippen molar-refractivity contribution in [3.63, 3.8) is 0 Å². The van der Waals surface area contributed by atoms with E-state index >= 15 is 0 Å². The van der Waals surface area contributed by atoms with Crippen LogP contribution in [-0.4, -0.2) is 30.9 Å². The molecule has 1 heterocycles. The minimum atomic E-state index is -0.0280. The number of allylic oxidation sites excluding steroid dienone is 1. The first kappa shape index (κ1) is 16.1. The number of carbonyl (C=O) groups is 1. The van der Waals surface area contributed by atoms with E-state index in [9.17, 15) is 4.79 Å². The van der Waals surface area contributed by atoms with E-state index in [4.69, 9.17) is 0 Å². The summed E-state index contributed by atoms with van der Waals surface area (Å²) in [6.07, 6.45) is 3.58. The van der Waals surface area contributed by atoms with Crippen molar-refractivity contribution < 1.29 is 4.79 Å². The summed E-state index contributed by atoms with van der Waals surface area (Å²) >= 11 is 0. The Bertz CT molecular complexity index is 779. The fourth-order valence-corrected chi connectivity index (χ4v) is 4.24. The molecule has 1 saturated heterocycles. The van der Waals surface area contributed by atoms with E-state index in [1.54, 1.807) is 7.05 Å². The Hall–Kier alpha value is -2.39. The maximum Gasteiger partial charge on any atom is 0.251 e. The molecule has 0 aromatic heterocycles. The zero-order valence-corrected chi connectivity index (χ0v) is 14.6. The highest BCUT2D eigenvalue weighted by atomic mass is 16.1. The van der Waals surface area contributed by atoms with E-state index in [0.29, 0.717) is 5.92 Å². The van der Waals surface area contributed by atoms with Crippen molar-refractivity contribution in [1.29, 1.82) is 0 Å². The third-order valence-electron chi connectivity index (χ3n) is 5.51. The van der Waals surface area contributed by atoms with Crippen molar-refractivity contribution in [2.24, 2.45) is 11.8 Å². The summed E-state index contributed by atoms with van der Waals surface area (Å²) in [5, 5.41) is 2.68. The summed E-state index contributed by atoms with van der Waals surface area (Å²) in [6, 6.07) is 18.8. The molecule has 3 heteroatoms. The van der Waals surface area contributed by atoms with Gasteiger partial charge in [-0.25, -0.2) is 0 Å². The molecule has 1 N–H and O–H groups in total. The van der Waals surface area contributed by atoms with Crippen LogP contribution in [0.2, 0.25) is 0 Å². The third-order valence-corrected chi connectivity index (χ3v) is 5.51. The lowest BCUT2D eigenvalue weighted by molar-refractivity contribution is 0.0963. The highest BCUT2D eigenvalue weighted by Gasteiger charge is 2.38. The summed E-state index contributed by atoms with van der Waals surface area (Å²) in [5.74, 6) is 1.33. The quantitative estimate of drug-likeness (QED) is 0.928. The van der Waals surface area contributed by atoms with E-state index in [2.05, 4.69) is 58.8 Å². The first-order chi connectivity index (χ1) is 12.2. The number of hydrogen-bond donors (Lipinski definition) is 1. The number of amides is 1. The van der Waals surface area contributed by atoms with Gasteiger partial charge < -0.3 is 5.32 Å². The molecule has 0 bridgehead atoms. The summed E-state index contributed by atoms with van der Waals surface area (Å²) in [6.45, 7) is 3.34. The minimum absolute atomic E-state index is 0.0280. The van der Waals surface area contributed by atoms with Gasteiger partial charge in [0.1, 0.15) is 0 Å². The summed E-state index contributed by atoms with van der Waals surface area (Å²) < 4.78 is 0. The van der Waals surface area contributed by atoms with Crippen LogP contribution in [0.15, 0.2) is 60.7 Å². The zero-order valence-electron chi connectivity index (χ0n) is 14.6. The van der Waals surface area contributed by atoms with Crippen molar-refractivity contribution in [2.45, 2.75) is 13.0 Å². The van der Waals surface area contributed by atoms with Gasteiger partial charge in [-0.15, -0.1) is 0 Å². The second-order valence-electron chi connectivity index (χ2n) is 7.10. The van der Waals surface area contributed by atoms with Gasteiger partial charge in [0.25, 0.3) is 5.91 Å². The van der Waals surface area contributed by atoms with Crippen molar-refractivity contribution in [3.8, 4) is 0 Å². The molecule has 1 amide bonds. The molecule has 1 aliphatic carbocycles. The van der Waals surface area contributed by atoms with Crippen LogP contribution in [0.5, 0.6) is 0 Å². The van der Waals surface area contributed by atoms with Gasteiger partial charge in [0.05, 0.1) is 0 Å². The lowest BCUT2D eigenvalue weighted by Crippen LogP contribution is -2.21. The second-order valence-corrected chi connectivity index (χ2v) is 7.10. The van der Waals surface area contributed by atoms with Crippen LogP contribution in [0, 0.1) is 11.8 Å². The average molecular weight is 332 g/mol. The normalized spacial score (nSPS) is 22.5. The number of nitrogens with one attached hydrogen (secondary N) is 1. The van der Waals surface area contributed by atoms with E-state index in [-0.39, 0.29) is 5.91 Å².